The van der Waals surface area contributed by atoms with Crippen molar-refractivity contribution in [3.8, 4) is 5.75 Å². The van der Waals surface area contributed by atoms with E-state index in [1.165, 1.54) is 25.1 Å². The van der Waals surface area contributed by atoms with E-state index in [1.807, 2.05) is 12.3 Å². The molecule has 0 spiro atoms. The number of rotatable bonds is 3. The van der Waals surface area contributed by atoms with Crippen LogP contribution in [0.1, 0.15) is 18.9 Å². The number of pyridine rings is 1. The molecule has 15 heavy (non-hydrogen) atoms. The Labute approximate surface area is 91.1 Å². The second-order valence-corrected chi connectivity index (χ2v) is 4.32. The van der Waals surface area contributed by atoms with Crippen molar-refractivity contribution in [2.75, 3.05) is 20.2 Å². The third-order valence-electron chi connectivity index (χ3n) is 2.98. The fourth-order valence-corrected chi connectivity index (χ4v) is 2.14. The number of ether oxygens (including phenoxy) is 1. The van der Waals surface area contributed by atoms with Gasteiger partial charge in [-0.15, -0.1) is 0 Å². The van der Waals surface area contributed by atoms with Gasteiger partial charge in [0.15, 0.2) is 0 Å². The van der Waals surface area contributed by atoms with Crippen molar-refractivity contribution in [3.63, 3.8) is 0 Å². The first-order valence-electron chi connectivity index (χ1n) is 5.49. The Morgan fingerprint density at radius 3 is 3.13 bits per heavy atom. The van der Waals surface area contributed by atoms with Crippen LogP contribution in [0.3, 0.4) is 0 Å². The first-order chi connectivity index (χ1) is 7.29. The number of aromatic nitrogens is 1. The maximum absolute atomic E-state index is 5.32. The molecule has 0 aromatic carbocycles. The van der Waals surface area contributed by atoms with Crippen molar-refractivity contribution < 1.29 is 4.74 Å². The van der Waals surface area contributed by atoms with Gasteiger partial charge in [-0.2, -0.15) is 0 Å². The summed E-state index contributed by atoms with van der Waals surface area (Å²) >= 11 is 0. The van der Waals surface area contributed by atoms with Crippen LogP contribution in [-0.4, -0.2) is 30.1 Å². The fraction of sp³-hybridized carbons (Fsp3) is 0.583. The summed E-state index contributed by atoms with van der Waals surface area (Å²) in [6.45, 7) is 5.65. The van der Waals surface area contributed by atoms with Gasteiger partial charge in [0.05, 0.1) is 7.11 Å². The largest absolute Gasteiger partial charge is 0.496 e. The molecule has 82 valence electrons. The van der Waals surface area contributed by atoms with Gasteiger partial charge in [0.1, 0.15) is 5.75 Å². The lowest BCUT2D eigenvalue weighted by Gasteiger charge is -2.16. The number of hydrogen-bond donors (Lipinski definition) is 0. The Morgan fingerprint density at radius 1 is 1.60 bits per heavy atom. The summed E-state index contributed by atoms with van der Waals surface area (Å²) in [5.74, 6) is 1.78. The van der Waals surface area contributed by atoms with Gasteiger partial charge >= 0.3 is 0 Å². The van der Waals surface area contributed by atoms with Crippen molar-refractivity contribution in [2.24, 2.45) is 5.92 Å². The lowest BCUT2D eigenvalue weighted by atomic mass is 10.2. The highest BCUT2D eigenvalue weighted by molar-refractivity contribution is 5.29. The van der Waals surface area contributed by atoms with E-state index < -0.39 is 0 Å². The Hall–Kier alpha value is -1.09. The van der Waals surface area contributed by atoms with Gasteiger partial charge < -0.3 is 4.74 Å². The first kappa shape index (κ1) is 10.4. The van der Waals surface area contributed by atoms with E-state index in [4.69, 9.17) is 4.74 Å². The molecular formula is C12H18N2O. The van der Waals surface area contributed by atoms with Crippen LogP contribution in [0, 0.1) is 5.92 Å². The van der Waals surface area contributed by atoms with Crippen molar-refractivity contribution in [2.45, 2.75) is 19.9 Å². The molecule has 1 aromatic heterocycles. The molecule has 0 amide bonds. The molecule has 1 atom stereocenters. The summed E-state index contributed by atoms with van der Waals surface area (Å²) in [5.41, 5.74) is 1.19. The third kappa shape index (κ3) is 2.48. The normalized spacial score (nSPS) is 21.9. The molecule has 1 aliphatic rings. The Kier molecular flexibility index (Phi) is 3.21. The molecule has 3 nitrogen and oxygen atoms in total. The lowest BCUT2D eigenvalue weighted by Crippen LogP contribution is -2.20. The van der Waals surface area contributed by atoms with Crippen LogP contribution in [-0.2, 0) is 6.54 Å². The predicted octanol–water partition coefficient (Wildman–Crippen LogP) is 1.93. The molecule has 2 heterocycles. The van der Waals surface area contributed by atoms with Crippen LogP contribution in [0.25, 0.3) is 0 Å². The van der Waals surface area contributed by atoms with Gasteiger partial charge in [-0.05, 0) is 24.9 Å². The fourth-order valence-electron chi connectivity index (χ4n) is 2.14. The number of nitrogens with zero attached hydrogens (tertiary/aromatic N) is 2. The molecule has 0 radical (unpaired) electrons. The van der Waals surface area contributed by atoms with Gasteiger partial charge in [0.2, 0.25) is 0 Å². The van der Waals surface area contributed by atoms with Gasteiger partial charge in [0, 0.05) is 31.0 Å². The van der Waals surface area contributed by atoms with Crippen LogP contribution in [0.5, 0.6) is 5.75 Å². The van der Waals surface area contributed by atoms with Gasteiger partial charge in [-0.3, -0.25) is 9.88 Å². The molecule has 1 aromatic rings. The SMILES string of the molecule is COc1ccncc1CN1CCC(C)C1. The standard InChI is InChI=1S/C12H18N2O/c1-10-4-6-14(8-10)9-11-7-13-5-3-12(11)15-2/h3,5,7,10H,4,6,8-9H2,1-2H3. The highest BCUT2D eigenvalue weighted by atomic mass is 16.5. The number of methoxy groups -OCH3 is 1. The topological polar surface area (TPSA) is 25.4 Å². The molecule has 0 saturated carbocycles. The molecule has 0 aliphatic carbocycles. The maximum Gasteiger partial charge on any atom is 0.126 e. The van der Waals surface area contributed by atoms with Crippen LogP contribution < -0.4 is 4.74 Å². The van der Waals surface area contributed by atoms with Crippen LogP contribution in [0.4, 0.5) is 0 Å². The van der Waals surface area contributed by atoms with Crippen LogP contribution in [0.15, 0.2) is 18.5 Å². The Balaban J connectivity index is 2.04. The lowest BCUT2D eigenvalue weighted by molar-refractivity contribution is 0.311. The molecular weight excluding hydrogens is 188 g/mol. The van der Waals surface area contributed by atoms with E-state index in [1.54, 1.807) is 13.3 Å². The second-order valence-electron chi connectivity index (χ2n) is 4.32. The zero-order valence-electron chi connectivity index (χ0n) is 9.44. The van der Waals surface area contributed by atoms with Crippen LogP contribution in [0.2, 0.25) is 0 Å². The number of hydrogen-bond acceptors (Lipinski definition) is 3. The zero-order chi connectivity index (χ0) is 10.7. The number of likely N-dealkylation sites (tertiary alicyclic amines) is 1. The van der Waals surface area contributed by atoms with Gasteiger partial charge in [0.25, 0.3) is 0 Å². The molecule has 1 fully saturated rings. The monoisotopic (exact) mass is 206 g/mol. The van der Waals surface area contributed by atoms with E-state index in [-0.39, 0.29) is 0 Å². The maximum atomic E-state index is 5.32. The van der Waals surface area contributed by atoms with Gasteiger partial charge in [-0.25, -0.2) is 0 Å². The van der Waals surface area contributed by atoms with E-state index in [9.17, 15) is 0 Å². The summed E-state index contributed by atoms with van der Waals surface area (Å²) in [6, 6.07) is 1.93. The smallest absolute Gasteiger partial charge is 0.126 e. The van der Waals surface area contributed by atoms with Crippen molar-refractivity contribution >= 4 is 0 Å². The summed E-state index contributed by atoms with van der Waals surface area (Å²) in [6.07, 6.45) is 4.99. The predicted molar refractivity (Wildman–Crippen MR) is 59.8 cm³/mol. The van der Waals surface area contributed by atoms with Crippen molar-refractivity contribution in [1.82, 2.24) is 9.88 Å². The highest BCUT2D eigenvalue weighted by Crippen LogP contribution is 2.22. The molecule has 3 heteroatoms. The Morgan fingerprint density at radius 2 is 2.47 bits per heavy atom. The molecule has 1 unspecified atom stereocenters. The summed E-state index contributed by atoms with van der Waals surface area (Å²) in [5, 5.41) is 0. The average molecular weight is 206 g/mol. The molecule has 0 N–H and O–H groups in total. The molecule has 0 bridgehead atoms. The minimum atomic E-state index is 0.827. The average Bonchev–Trinajstić information content (AvgIpc) is 2.65. The minimum absolute atomic E-state index is 0.827. The Bertz CT molecular complexity index is 327. The summed E-state index contributed by atoms with van der Waals surface area (Å²) < 4.78 is 5.32. The summed E-state index contributed by atoms with van der Waals surface area (Å²) in [7, 11) is 1.71. The zero-order valence-corrected chi connectivity index (χ0v) is 9.44. The highest BCUT2D eigenvalue weighted by Gasteiger charge is 2.19. The van der Waals surface area contributed by atoms with Crippen molar-refractivity contribution in [3.05, 3.63) is 24.0 Å². The minimum Gasteiger partial charge on any atom is -0.496 e. The van der Waals surface area contributed by atoms with E-state index in [2.05, 4.69) is 16.8 Å². The van der Waals surface area contributed by atoms with E-state index in [0.29, 0.717) is 0 Å². The van der Waals surface area contributed by atoms with Crippen LogP contribution >= 0.6 is 0 Å². The van der Waals surface area contributed by atoms with E-state index in [0.717, 1.165) is 18.2 Å². The second kappa shape index (κ2) is 4.62. The molecule has 1 aliphatic heterocycles. The molecule has 2 rings (SSSR count). The first-order valence-corrected chi connectivity index (χ1v) is 5.49. The van der Waals surface area contributed by atoms with E-state index >= 15 is 0 Å². The molecule has 1 saturated heterocycles. The van der Waals surface area contributed by atoms with Gasteiger partial charge in [-0.1, -0.05) is 6.92 Å². The summed E-state index contributed by atoms with van der Waals surface area (Å²) in [4.78, 5) is 6.61. The third-order valence-corrected chi connectivity index (χ3v) is 2.98. The quantitative estimate of drug-likeness (QED) is 0.755. The van der Waals surface area contributed by atoms with Crippen molar-refractivity contribution in [1.29, 1.82) is 0 Å².